The molecule has 0 fully saturated rings. The molecule has 0 aliphatic rings. The highest BCUT2D eigenvalue weighted by atomic mass is 127. The fraction of sp³-hybridized carbons (Fsp3) is 0.200. The maximum atomic E-state index is 11.4. The summed E-state index contributed by atoms with van der Waals surface area (Å²) in [5.41, 5.74) is 1.02. The number of methoxy groups -OCH3 is 1. The molecule has 0 saturated carbocycles. The first-order chi connectivity index (χ1) is 7.60. The zero-order valence-electron chi connectivity index (χ0n) is 8.49. The third kappa shape index (κ3) is 3.11. The van der Waals surface area contributed by atoms with Crippen molar-refractivity contribution in [3.8, 4) is 0 Å². The normalized spacial score (nSPS) is 9.69. The second-order valence-electron chi connectivity index (χ2n) is 2.86. The van der Waals surface area contributed by atoms with E-state index in [0.717, 1.165) is 0 Å². The van der Waals surface area contributed by atoms with Crippen molar-refractivity contribution < 1.29 is 14.3 Å². The average Bonchev–Trinajstić information content (AvgIpc) is 2.30. The number of hydrogen-bond donors (Lipinski definition) is 2. The van der Waals surface area contributed by atoms with Gasteiger partial charge in [0.25, 0.3) is 0 Å². The Morgan fingerprint density at radius 2 is 2.19 bits per heavy atom. The van der Waals surface area contributed by atoms with Crippen LogP contribution in [0.2, 0.25) is 0 Å². The Balaban J connectivity index is 3.04. The number of esters is 1. The Labute approximate surface area is 112 Å². The van der Waals surface area contributed by atoms with Gasteiger partial charge in [0.1, 0.15) is 0 Å². The van der Waals surface area contributed by atoms with Gasteiger partial charge in [0, 0.05) is 0 Å². The number of anilines is 1. The van der Waals surface area contributed by atoms with Crippen LogP contribution in [0.15, 0.2) is 18.2 Å². The largest absolute Gasteiger partial charge is 0.465 e. The van der Waals surface area contributed by atoms with Crippen molar-refractivity contribution in [1.82, 2.24) is 0 Å². The van der Waals surface area contributed by atoms with Gasteiger partial charge in [-0.05, 0) is 34.7 Å². The van der Waals surface area contributed by atoms with Crippen LogP contribution in [0.3, 0.4) is 0 Å². The van der Waals surface area contributed by atoms with Crippen LogP contribution in [-0.2, 0) is 9.53 Å². The van der Waals surface area contributed by atoms with Gasteiger partial charge in [0.2, 0.25) is 5.91 Å². The minimum Gasteiger partial charge on any atom is -0.465 e. The highest BCUT2D eigenvalue weighted by Crippen LogP contribution is 2.22. The summed E-state index contributed by atoms with van der Waals surface area (Å²) in [6.45, 7) is 0. The number of ether oxygens (including phenoxy) is 1. The fourth-order valence-electron chi connectivity index (χ4n) is 1.09. The number of rotatable bonds is 3. The lowest BCUT2D eigenvalue weighted by atomic mass is 10.2. The van der Waals surface area contributed by atoms with E-state index in [1.807, 2.05) is 22.6 Å². The standard InChI is InChI=1S/C10H10INO3S/c1-15-10(14)6-3-2-4-7(9(6)11)12-8(13)5-16/h2-4,16H,5H2,1H3,(H,12,13). The number of carbonyl (C=O) groups is 2. The van der Waals surface area contributed by atoms with Crippen molar-refractivity contribution in [3.63, 3.8) is 0 Å². The van der Waals surface area contributed by atoms with Gasteiger partial charge in [-0.3, -0.25) is 4.79 Å². The molecule has 86 valence electrons. The van der Waals surface area contributed by atoms with E-state index in [-0.39, 0.29) is 11.7 Å². The molecule has 0 saturated heterocycles. The van der Waals surface area contributed by atoms with Gasteiger partial charge in [-0.25, -0.2) is 4.79 Å². The highest BCUT2D eigenvalue weighted by Gasteiger charge is 2.13. The minimum absolute atomic E-state index is 0.0958. The van der Waals surface area contributed by atoms with E-state index < -0.39 is 5.97 Å². The maximum Gasteiger partial charge on any atom is 0.339 e. The molecule has 1 rings (SSSR count). The molecule has 1 N–H and O–H groups in total. The molecule has 4 nitrogen and oxygen atoms in total. The summed E-state index contributed by atoms with van der Waals surface area (Å²) in [5.74, 6) is -0.548. The SMILES string of the molecule is COC(=O)c1cccc(NC(=O)CS)c1I. The van der Waals surface area contributed by atoms with E-state index in [9.17, 15) is 9.59 Å². The molecular weight excluding hydrogens is 341 g/mol. The lowest BCUT2D eigenvalue weighted by molar-refractivity contribution is -0.113. The lowest BCUT2D eigenvalue weighted by Gasteiger charge is -2.09. The van der Waals surface area contributed by atoms with E-state index >= 15 is 0 Å². The first kappa shape index (κ1) is 13.3. The molecular formula is C10H10INO3S. The molecule has 1 amide bonds. The molecule has 0 radical (unpaired) electrons. The summed E-state index contributed by atoms with van der Waals surface area (Å²) in [4.78, 5) is 22.6. The molecule has 16 heavy (non-hydrogen) atoms. The van der Waals surface area contributed by atoms with Gasteiger partial charge in [-0.2, -0.15) is 12.6 Å². The summed E-state index contributed by atoms with van der Waals surface area (Å²) >= 11 is 5.85. The molecule has 0 heterocycles. The fourth-order valence-corrected chi connectivity index (χ4v) is 1.88. The lowest BCUT2D eigenvalue weighted by Crippen LogP contribution is -2.15. The Bertz CT molecular complexity index is 423. The van der Waals surface area contributed by atoms with Crippen molar-refractivity contribution in [2.45, 2.75) is 0 Å². The number of thiol groups is 1. The van der Waals surface area contributed by atoms with Crippen molar-refractivity contribution in [3.05, 3.63) is 27.3 Å². The summed E-state index contributed by atoms with van der Waals surface area (Å²) in [6, 6.07) is 5.04. The van der Waals surface area contributed by atoms with E-state index in [1.165, 1.54) is 7.11 Å². The molecule has 0 unspecified atom stereocenters. The second-order valence-corrected chi connectivity index (χ2v) is 4.26. The Hall–Kier alpha value is -0.760. The van der Waals surface area contributed by atoms with Gasteiger partial charge in [-0.15, -0.1) is 0 Å². The van der Waals surface area contributed by atoms with Crippen LogP contribution in [0.25, 0.3) is 0 Å². The quantitative estimate of drug-likeness (QED) is 0.497. The van der Waals surface area contributed by atoms with E-state index in [2.05, 4.69) is 22.7 Å². The summed E-state index contributed by atoms with van der Waals surface area (Å²) < 4.78 is 5.29. The predicted octanol–water partition coefficient (Wildman–Crippen LogP) is 1.95. The second kappa shape index (κ2) is 6.09. The van der Waals surface area contributed by atoms with Crippen LogP contribution >= 0.6 is 35.2 Å². The van der Waals surface area contributed by atoms with Gasteiger partial charge in [0.05, 0.1) is 27.7 Å². The number of nitrogens with one attached hydrogen (secondary N) is 1. The van der Waals surface area contributed by atoms with Crippen molar-refractivity contribution >= 4 is 52.8 Å². The van der Waals surface area contributed by atoms with Gasteiger partial charge < -0.3 is 10.1 Å². The monoisotopic (exact) mass is 351 g/mol. The molecule has 6 heteroatoms. The summed E-state index contributed by atoms with van der Waals surface area (Å²) in [5, 5.41) is 2.65. The Morgan fingerprint density at radius 3 is 2.75 bits per heavy atom. The van der Waals surface area contributed by atoms with Crippen LogP contribution in [-0.4, -0.2) is 24.7 Å². The van der Waals surface area contributed by atoms with Gasteiger partial charge >= 0.3 is 5.97 Å². The number of benzene rings is 1. The third-order valence-electron chi connectivity index (χ3n) is 1.82. The molecule has 0 aliphatic carbocycles. The Kier molecular flexibility index (Phi) is 5.07. The van der Waals surface area contributed by atoms with Crippen LogP contribution in [0.4, 0.5) is 5.69 Å². The smallest absolute Gasteiger partial charge is 0.339 e. The minimum atomic E-state index is -0.425. The van der Waals surface area contributed by atoms with Crippen LogP contribution in [0, 0.1) is 3.57 Å². The van der Waals surface area contributed by atoms with Crippen molar-refractivity contribution in [2.24, 2.45) is 0 Å². The Morgan fingerprint density at radius 1 is 1.50 bits per heavy atom. The number of amides is 1. The van der Waals surface area contributed by atoms with E-state index in [4.69, 9.17) is 0 Å². The summed E-state index contributed by atoms with van der Waals surface area (Å²) in [6.07, 6.45) is 0. The molecule has 1 aromatic carbocycles. The molecule has 0 aliphatic heterocycles. The number of halogens is 1. The third-order valence-corrected chi connectivity index (χ3v) is 3.27. The van der Waals surface area contributed by atoms with Crippen LogP contribution < -0.4 is 5.32 Å². The molecule has 0 spiro atoms. The van der Waals surface area contributed by atoms with Crippen LogP contribution in [0.1, 0.15) is 10.4 Å². The predicted molar refractivity (Wildman–Crippen MR) is 73.0 cm³/mol. The molecule has 0 aromatic heterocycles. The van der Waals surface area contributed by atoms with Crippen LogP contribution in [0.5, 0.6) is 0 Å². The first-order valence-corrected chi connectivity index (χ1v) is 6.08. The van der Waals surface area contributed by atoms with E-state index in [1.54, 1.807) is 18.2 Å². The molecule has 1 aromatic rings. The van der Waals surface area contributed by atoms with Gasteiger partial charge in [0.15, 0.2) is 0 Å². The molecule has 0 bridgehead atoms. The number of carbonyl (C=O) groups excluding carboxylic acids is 2. The first-order valence-electron chi connectivity index (χ1n) is 4.37. The maximum absolute atomic E-state index is 11.4. The van der Waals surface area contributed by atoms with Gasteiger partial charge in [-0.1, -0.05) is 6.07 Å². The molecule has 0 atom stereocenters. The van der Waals surface area contributed by atoms with Crippen molar-refractivity contribution in [1.29, 1.82) is 0 Å². The average molecular weight is 351 g/mol. The highest BCUT2D eigenvalue weighted by molar-refractivity contribution is 14.1. The zero-order chi connectivity index (χ0) is 12.1. The zero-order valence-corrected chi connectivity index (χ0v) is 11.5. The van der Waals surface area contributed by atoms with Crippen molar-refractivity contribution in [2.75, 3.05) is 18.2 Å². The summed E-state index contributed by atoms with van der Waals surface area (Å²) in [7, 11) is 1.32. The topological polar surface area (TPSA) is 55.4 Å². The number of hydrogen-bond acceptors (Lipinski definition) is 4. The van der Waals surface area contributed by atoms with E-state index in [0.29, 0.717) is 14.8 Å².